The summed E-state index contributed by atoms with van der Waals surface area (Å²) in [6.07, 6.45) is -2.66. The molecule has 0 bridgehead atoms. The van der Waals surface area contributed by atoms with Crippen LogP contribution < -0.4 is 0 Å². The SMILES string of the molecule is CCOC(=O)CSCc1nc2ccccn2c1-c1cccc(C(F)(F)F)c1. The second kappa shape index (κ2) is 8.04. The first-order chi connectivity index (χ1) is 12.9. The number of hydrogen-bond acceptors (Lipinski definition) is 4. The third kappa shape index (κ3) is 4.44. The smallest absolute Gasteiger partial charge is 0.416 e. The van der Waals surface area contributed by atoms with Crippen molar-refractivity contribution in [1.29, 1.82) is 0 Å². The van der Waals surface area contributed by atoms with E-state index in [1.54, 1.807) is 35.7 Å². The van der Waals surface area contributed by atoms with Gasteiger partial charge in [0, 0.05) is 17.5 Å². The zero-order valence-electron chi connectivity index (χ0n) is 14.5. The van der Waals surface area contributed by atoms with E-state index < -0.39 is 11.7 Å². The summed E-state index contributed by atoms with van der Waals surface area (Å²) in [5, 5.41) is 0. The summed E-state index contributed by atoms with van der Waals surface area (Å²) in [7, 11) is 0. The summed E-state index contributed by atoms with van der Waals surface area (Å²) in [6.45, 7) is 2.04. The van der Waals surface area contributed by atoms with Gasteiger partial charge in [0.2, 0.25) is 0 Å². The lowest BCUT2D eigenvalue weighted by atomic mass is 10.1. The lowest BCUT2D eigenvalue weighted by Crippen LogP contribution is -2.07. The number of esters is 1. The number of pyridine rings is 1. The van der Waals surface area contributed by atoms with Crippen LogP contribution in [0.1, 0.15) is 18.2 Å². The fraction of sp³-hybridized carbons (Fsp3) is 0.263. The highest BCUT2D eigenvalue weighted by Crippen LogP contribution is 2.34. The Morgan fingerprint density at radius 3 is 2.78 bits per heavy atom. The van der Waals surface area contributed by atoms with Gasteiger partial charge < -0.3 is 4.74 Å². The Labute approximate surface area is 158 Å². The van der Waals surface area contributed by atoms with E-state index in [9.17, 15) is 18.0 Å². The summed E-state index contributed by atoms with van der Waals surface area (Å²) in [5.41, 5.74) is 1.56. The number of alkyl halides is 3. The largest absolute Gasteiger partial charge is 0.465 e. The number of benzene rings is 1. The molecule has 0 radical (unpaired) electrons. The van der Waals surface area contributed by atoms with Gasteiger partial charge in [-0.25, -0.2) is 4.98 Å². The lowest BCUT2D eigenvalue weighted by molar-refractivity contribution is -0.140. The molecule has 0 aliphatic heterocycles. The zero-order valence-corrected chi connectivity index (χ0v) is 15.3. The number of hydrogen-bond donors (Lipinski definition) is 0. The molecule has 0 unspecified atom stereocenters. The van der Waals surface area contributed by atoms with Crippen LogP contribution in [-0.2, 0) is 21.5 Å². The molecule has 0 amide bonds. The van der Waals surface area contributed by atoms with E-state index in [0.717, 1.165) is 12.1 Å². The van der Waals surface area contributed by atoms with Gasteiger partial charge in [0.05, 0.1) is 29.3 Å². The van der Waals surface area contributed by atoms with Gasteiger partial charge >= 0.3 is 12.1 Å². The van der Waals surface area contributed by atoms with Gasteiger partial charge in [-0.15, -0.1) is 11.8 Å². The second-order valence-electron chi connectivity index (χ2n) is 5.71. The van der Waals surface area contributed by atoms with Crippen LogP contribution in [0.2, 0.25) is 0 Å². The van der Waals surface area contributed by atoms with Gasteiger partial charge in [-0.05, 0) is 31.2 Å². The Morgan fingerprint density at radius 2 is 2.04 bits per heavy atom. The molecule has 3 rings (SSSR count). The molecule has 0 saturated heterocycles. The van der Waals surface area contributed by atoms with Crippen LogP contribution in [0.3, 0.4) is 0 Å². The number of carbonyl (C=O) groups excluding carboxylic acids is 1. The van der Waals surface area contributed by atoms with E-state index in [1.165, 1.54) is 17.8 Å². The van der Waals surface area contributed by atoms with Crippen molar-refractivity contribution in [3.63, 3.8) is 0 Å². The minimum Gasteiger partial charge on any atom is -0.465 e. The minimum absolute atomic E-state index is 0.156. The van der Waals surface area contributed by atoms with Crippen molar-refractivity contribution in [3.05, 3.63) is 59.9 Å². The van der Waals surface area contributed by atoms with Crippen LogP contribution in [0.25, 0.3) is 16.9 Å². The number of carbonyl (C=O) groups is 1. The molecular weight excluding hydrogens is 377 g/mol. The van der Waals surface area contributed by atoms with Crippen molar-refractivity contribution in [3.8, 4) is 11.3 Å². The number of fused-ring (bicyclic) bond motifs is 1. The molecule has 4 nitrogen and oxygen atoms in total. The fourth-order valence-electron chi connectivity index (χ4n) is 2.73. The highest BCUT2D eigenvalue weighted by Gasteiger charge is 2.31. The van der Waals surface area contributed by atoms with Crippen molar-refractivity contribution in [2.24, 2.45) is 0 Å². The molecule has 142 valence electrons. The Bertz CT molecular complexity index is 954. The fourth-order valence-corrected chi connectivity index (χ4v) is 3.47. The van der Waals surface area contributed by atoms with E-state index in [0.29, 0.717) is 35.0 Å². The number of halogens is 3. The topological polar surface area (TPSA) is 43.6 Å². The highest BCUT2D eigenvalue weighted by molar-refractivity contribution is 7.99. The Balaban J connectivity index is 1.97. The molecular formula is C19H17F3N2O2S. The number of rotatable bonds is 6. The monoisotopic (exact) mass is 394 g/mol. The highest BCUT2D eigenvalue weighted by atomic mass is 32.2. The predicted octanol–water partition coefficient (Wildman–Crippen LogP) is 4.82. The first-order valence-corrected chi connectivity index (χ1v) is 9.42. The quantitative estimate of drug-likeness (QED) is 0.563. The average Bonchev–Trinajstić information content (AvgIpc) is 2.99. The third-order valence-electron chi connectivity index (χ3n) is 3.83. The molecule has 0 spiro atoms. The average molecular weight is 394 g/mol. The van der Waals surface area contributed by atoms with E-state index in [2.05, 4.69) is 4.98 Å². The number of nitrogens with zero attached hydrogens (tertiary/aromatic N) is 2. The van der Waals surface area contributed by atoms with Crippen molar-refractivity contribution in [2.75, 3.05) is 12.4 Å². The van der Waals surface area contributed by atoms with Crippen LogP contribution in [0.15, 0.2) is 48.7 Å². The van der Waals surface area contributed by atoms with Crippen LogP contribution in [0.4, 0.5) is 13.2 Å². The van der Waals surface area contributed by atoms with E-state index in [1.807, 2.05) is 6.07 Å². The Morgan fingerprint density at radius 1 is 1.22 bits per heavy atom. The third-order valence-corrected chi connectivity index (χ3v) is 4.75. The Kier molecular flexibility index (Phi) is 5.74. The summed E-state index contributed by atoms with van der Waals surface area (Å²) in [4.78, 5) is 16.1. The van der Waals surface area contributed by atoms with Gasteiger partial charge in [-0.2, -0.15) is 13.2 Å². The maximum atomic E-state index is 13.1. The number of imidazole rings is 1. The minimum atomic E-state index is -4.42. The molecule has 2 aromatic heterocycles. The summed E-state index contributed by atoms with van der Waals surface area (Å²) < 4.78 is 46.0. The molecule has 2 heterocycles. The van der Waals surface area contributed by atoms with Crippen molar-refractivity contribution in [1.82, 2.24) is 9.38 Å². The maximum Gasteiger partial charge on any atom is 0.416 e. The zero-order chi connectivity index (χ0) is 19.4. The van der Waals surface area contributed by atoms with Crippen LogP contribution in [0, 0.1) is 0 Å². The van der Waals surface area contributed by atoms with Crippen molar-refractivity contribution < 1.29 is 22.7 Å². The molecule has 0 fully saturated rings. The van der Waals surface area contributed by atoms with Gasteiger partial charge in [0.1, 0.15) is 5.65 Å². The molecule has 3 aromatic rings. The molecule has 0 saturated carbocycles. The standard InChI is InChI=1S/C19H17F3N2O2S/c1-2-26-17(25)12-27-11-15-18(24-9-4-3-8-16(24)23-15)13-6-5-7-14(10-13)19(20,21)22/h3-10H,2,11-12H2,1H3. The van der Waals surface area contributed by atoms with Crippen LogP contribution in [0.5, 0.6) is 0 Å². The molecule has 0 aliphatic carbocycles. The summed E-state index contributed by atoms with van der Waals surface area (Å²) >= 11 is 1.32. The molecule has 27 heavy (non-hydrogen) atoms. The number of thioether (sulfide) groups is 1. The second-order valence-corrected chi connectivity index (χ2v) is 6.70. The lowest BCUT2D eigenvalue weighted by Gasteiger charge is -2.10. The number of ether oxygens (including phenoxy) is 1. The van der Waals surface area contributed by atoms with Gasteiger partial charge in [-0.1, -0.05) is 18.2 Å². The number of aromatic nitrogens is 2. The molecule has 0 atom stereocenters. The first-order valence-electron chi connectivity index (χ1n) is 8.27. The maximum absolute atomic E-state index is 13.1. The van der Waals surface area contributed by atoms with Gasteiger partial charge in [0.15, 0.2) is 0 Å². The molecule has 1 aromatic carbocycles. The van der Waals surface area contributed by atoms with Crippen molar-refractivity contribution >= 4 is 23.4 Å². The molecule has 0 N–H and O–H groups in total. The summed E-state index contributed by atoms with van der Waals surface area (Å²) in [5.74, 6) is 0.211. The first kappa shape index (κ1) is 19.3. The van der Waals surface area contributed by atoms with Gasteiger partial charge in [-0.3, -0.25) is 9.20 Å². The van der Waals surface area contributed by atoms with Crippen LogP contribution in [-0.4, -0.2) is 27.7 Å². The summed E-state index contributed by atoms with van der Waals surface area (Å²) in [6, 6.07) is 10.6. The van der Waals surface area contributed by atoms with E-state index in [4.69, 9.17) is 4.74 Å². The van der Waals surface area contributed by atoms with E-state index in [-0.39, 0.29) is 11.7 Å². The van der Waals surface area contributed by atoms with E-state index >= 15 is 0 Å². The Hall–Kier alpha value is -2.48. The van der Waals surface area contributed by atoms with Gasteiger partial charge in [0.25, 0.3) is 0 Å². The van der Waals surface area contributed by atoms with Crippen molar-refractivity contribution in [2.45, 2.75) is 18.9 Å². The van der Waals surface area contributed by atoms with Crippen LogP contribution >= 0.6 is 11.8 Å². The molecule has 0 aliphatic rings. The predicted molar refractivity (Wildman–Crippen MR) is 98.4 cm³/mol. The molecule has 8 heteroatoms. The normalized spacial score (nSPS) is 11.7.